The van der Waals surface area contributed by atoms with Crippen LogP contribution in [-0.2, 0) is 0 Å². The predicted molar refractivity (Wildman–Crippen MR) is 32.5 cm³/mol. The molecule has 58 valence electrons. The fourth-order valence-corrected chi connectivity index (χ4v) is 1.09. The van der Waals surface area contributed by atoms with E-state index in [2.05, 4.69) is 0 Å². The summed E-state index contributed by atoms with van der Waals surface area (Å²) in [4.78, 5) is 0. The Balaban J connectivity index is 2.55. The van der Waals surface area contributed by atoms with Gasteiger partial charge in [-0.1, -0.05) is 12.2 Å². The third kappa shape index (κ3) is 1.75. The molecule has 1 aliphatic rings. The molecule has 0 aliphatic heterocycles. The summed E-state index contributed by atoms with van der Waals surface area (Å²) in [5, 5.41) is 0. The standard InChI is InChI=1S/C7H9F3/c8-7(9,10)6-4-2-1-3-5-6/h2,4,6H,1,3,5H2. The number of halogens is 3. The lowest BCUT2D eigenvalue weighted by atomic mass is 9.96. The molecule has 0 aromatic carbocycles. The van der Waals surface area contributed by atoms with Crippen LogP contribution in [0.4, 0.5) is 13.2 Å². The Kier molecular flexibility index (Phi) is 2.02. The Morgan fingerprint density at radius 2 is 2.00 bits per heavy atom. The molecule has 1 unspecified atom stereocenters. The molecular formula is C7H9F3. The predicted octanol–water partition coefficient (Wildman–Crippen LogP) is 2.91. The molecule has 0 nitrogen and oxygen atoms in total. The van der Waals surface area contributed by atoms with Crippen LogP contribution >= 0.6 is 0 Å². The van der Waals surface area contributed by atoms with Gasteiger partial charge in [-0.05, 0) is 19.3 Å². The van der Waals surface area contributed by atoms with Crippen molar-refractivity contribution in [3.8, 4) is 0 Å². The van der Waals surface area contributed by atoms with Crippen LogP contribution in [0.15, 0.2) is 12.2 Å². The van der Waals surface area contributed by atoms with Crippen molar-refractivity contribution >= 4 is 0 Å². The molecule has 0 amide bonds. The minimum absolute atomic E-state index is 0.264. The zero-order valence-electron chi connectivity index (χ0n) is 5.49. The van der Waals surface area contributed by atoms with E-state index in [9.17, 15) is 13.2 Å². The molecule has 0 radical (unpaired) electrons. The molecule has 0 spiro atoms. The number of allylic oxidation sites excluding steroid dienone is 2. The first kappa shape index (κ1) is 7.63. The quantitative estimate of drug-likeness (QED) is 0.466. The van der Waals surface area contributed by atoms with Gasteiger partial charge in [0.1, 0.15) is 0 Å². The van der Waals surface area contributed by atoms with Crippen LogP contribution in [0.25, 0.3) is 0 Å². The second kappa shape index (κ2) is 2.64. The highest BCUT2D eigenvalue weighted by Crippen LogP contribution is 2.33. The second-order valence-corrected chi connectivity index (χ2v) is 2.51. The molecule has 1 atom stereocenters. The maximum Gasteiger partial charge on any atom is 0.395 e. The van der Waals surface area contributed by atoms with Crippen molar-refractivity contribution < 1.29 is 13.2 Å². The third-order valence-electron chi connectivity index (χ3n) is 1.67. The molecule has 10 heavy (non-hydrogen) atoms. The lowest BCUT2D eigenvalue weighted by Gasteiger charge is -2.18. The van der Waals surface area contributed by atoms with E-state index in [-0.39, 0.29) is 6.42 Å². The van der Waals surface area contributed by atoms with Crippen LogP contribution in [-0.4, -0.2) is 6.18 Å². The first-order valence-electron chi connectivity index (χ1n) is 3.34. The normalized spacial score (nSPS) is 26.9. The maximum absolute atomic E-state index is 11.9. The fourth-order valence-electron chi connectivity index (χ4n) is 1.09. The minimum atomic E-state index is -4.02. The molecular weight excluding hydrogens is 141 g/mol. The average Bonchev–Trinajstić information content (AvgIpc) is 1.88. The van der Waals surface area contributed by atoms with E-state index in [1.54, 1.807) is 6.08 Å². The molecule has 0 heterocycles. The summed E-state index contributed by atoms with van der Waals surface area (Å²) >= 11 is 0. The van der Waals surface area contributed by atoms with Crippen LogP contribution in [0.5, 0.6) is 0 Å². The van der Waals surface area contributed by atoms with E-state index in [1.165, 1.54) is 6.08 Å². The summed E-state index contributed by atoms with van der Waals surface area (Å²) in [6.45, 7) is 0. The Morgan fingerprint density at radius 3 is 2.30 bits per heavy atom. The van der Waals surface area contributed by atoms with Gasteiger partial charge in [0.25, 0.3) is 0 Å². The van der Waals surface area contributed by atoms with E-state index in [4.69, 9.17) is 0 Å². The van der Waals surface area contributed by atoms with E-state index in [1.807, 2.05) is 0 Å². The molecule has 1 aliphatic carbocycles. The van der Waals surface area contributed by atoms with Gasteiger partial charge in [0.05, 0.1) is 5.92 Å². The third-order valence-corrected chi connectivity index (χ3v) is 1.67. The molecule has 3 heteroatoms. The highest BCUT2D eigenvalue weighted by atomic mass is 19.4. The number of hydrogen-bond donors (Lipinski definition) is 0. The van der Waals surface area contributed by atoms with Gasteiger partial charge in [-0.15, -0.1) is 0 Å². The van der Waals surface area contributed by atoms with Crippen molar-refractivity contribution in [1.29, 1.82) is 0 Å². The van der Waals surface area contributed by atoms with Crippen LogP contribution in [0, 0.1) is 5.92 Å². The lowest BCUT2D eigenvalue weighted by Crippen LogP contribution is -2.22. The van der Waals surface area contributed by atoms with Crippen molar-refractivity contribution in [2.75, 3.05) is 0 Å². The molecule has 0 bridgehead atoms. The zero-order chi connectivity index (χ0) is 7.61. The van der Waals surface area contributed by atoms with Crippen molar-refractivity contribution in [1.82, 2.24) is 0 Å². The lowest BCUT2D eigenvalue weighted by molar-refractivity contribution is -0.163. The summed E-state index contributed by atoms with van der Waals surface area (Å²) in [5.41, 5.74) is 0. The minimum Gasteiger partial charge on any atom is -0.170 e. The zero-order valence-corrected chi connectivity index (χ0v) is 5.49. The summed E-state index contributed by atoms with van der Waals surface area (Å²) in [5.74, 6) is -1.18. The number of hydrogen-bond acceptors (Lipinski definition) is 0. The van der Waals surface area contributed by atoms with Gasteiger partial charge in [-0.25, -0.2) is 0 Å². The van der Waals surface area contributed by atoms with Gasteiger partial charge in [0.2, 0.25) is 0 Å². The van der Waals surface area contributed by atoms with E-state index < -0.39 is 12.1 Å². The molecule has 0 N–H and O–H groups in total. The summed E-state index contributed by atoms with van der Waals surface area (Å²) in [6, 6.07) is 0. The summed E-state index contributed by atoms with van der Waals surface area (Å²) in [7, 11) is 0. The molecule has 1 rings (SSSR count). The van der Waals surface area contributed by atoms with Crippen molar-refractivity contribution in [3.63, 3.8) is 0 Å². The number of alkyl halides is 3. The maximum atomic E-state index is 11.9. The van der Waals surface area contributed by atoms with Gasteiger partial charge in [-0.2, -0.15) is 13.2 Å². The Bertz CT molecular complexity index is 134. The van der Waals surface area contributed by atoms with Gasteiger partial charge in [0, 0.05) is 0 Å². The Hall–Kier alpha value is -0.470. The van der Waals surface area contributed by atoms with Gasteiger partial charge in [0.15, 0.2) is 0 Å². The van der Waals surface area contributed by atoms with Gasteiger partial charge in [-0.3, -0.25) is 0 Å². The Morgan fingerprint density at radius 1 is 1.30 bits per heavy atom. The van der Waals surface area contributed by atoms with Crippen LogP contribution < -0.4 is 0 Å². The highest BCUT2D eigenvalue weighted by Gasteiger charge is 2.37. The van der Waals surface area contributed by atoms with Crippen LogP contribution in [0.3, 0.4) is 0 Å². The molecule has 0 fully saturated rings. The van der Waals surface area contributed by atoms with Crippen LogP contribution in [0.2, 0.25) is 0 Å². The topological polar surface area (TPSA) is 0 Å². The first-order valence-corrected chi connectivity index (χ1v) is 3.34. The number of rotatable bonds is 0. The smallest absolute Gasteiger partial charge is 0.170 e. The largest absolute Gasteiger partial charge is 0.395 e. The fraction of sp³-hybridized carbons (Fsp3) is 0.714. The van der Waals surface area contributed by atoms with E-state index in [0.29, 0.717) is 6.42 Å². The Labute approximate surface area is 57.7 Å². The van der Waals surface area contributed by atoms with Gasteiger partial charge < -0.3 is 0 Å². The van der Waals surface area contributed by atoms with Crippen molar-refractivity contribution in [2.24, 2.45) is 5.92 Å². The van der Waals surface area contributed by atoms with E-state index in [0.717, 1.165) is 6.42 Å². The molecule has 0 saturated heterocycles. The van der Waals surface area contributed by atoms with Crippen molar-refractivity contribution in [2.45, 2.75) is 25.4 Å². The van der Waals surface area contributed by atoms with E-state index >= 15 is 0 Å². The highest BCUT2D eigenvalue weighted by molar-refractivity contribution is 4.95. The first-order chi connectivity index (χ1) is 4.61. The monoisotopic (exact) mass is 150 g/mol. The van der Waals surface area contributed by atoms with Crippen molar-refractivity contribution in [3.05, 3.63) is 12.2 Å². The van der Waals surface area contributed by atoms with Crippen LogP contribution in [0.1, 0.15) is 19.3 Å². The molecule has 0 aromatic rings. The average molecular weight is 150 g/mol. The molecule has 0 saturated carbocycles. The molecule has 0 aromatic heterocycles. The second-order valence-electron chi connectivity index (χ2n) is 2.51. The summed E-state index contributed by atoms with van der Waals surface area (Å²) in [6.07, 6.45) is 0.593. The summed E-state index contributed by atoms with van der Waals surface area (Å²) < 4.78 is 35.7. The van der Waals surface area contributed by atoms with Gasteiger partial charge >= 0.3 is 6.18 Å². The SMILES string of the molecule is FC(F)(F)C1C=CCCC1.